The molecule has 0 aliphatic rings. The summed E-state index contributed by atoms with van der Waals surface area (Å²) < 4.78 is 0.785. The van der Waals surface area contributed by atoms with Crippen molar-refractivity contribution >= 4 is 30.2 Å². The molecule has 0 aliphatic heterocycles. The minimum absolute atomic E-state index is 0. The van der Waals surface area contributed by atoms with Gasteiger partial charge in [0.1, 0.15) is 0 Å². The van der Waals surface area contributed by atoms with Crippen LogP contribution >= 0.6 is 11.6 Å². The first-order valence-corrected chi connectivity index (χ1v) is 4.91. The van der Waals surface area contributed by atoms with Crippen molar-refractivity contribution in [3.63, 3.8) is 0 Å². The number of hydrogen-bond acceptors (Lipinski definition) is 2. The Morgan fingerprint density at radius 1 is 1.22 bits per heavy atom. The molecule has 2 nitrogen and oxygen atoms in total. The molecule has 54 valence electrons. The third-order valence-electron chi connectivity index (χ3n) is 0. The Labute approximate surface area is 72.1 Å². The van der Waals surface area contributed by atoms with Gasteiger partial charge in [-0.25, -0.2) is 0 Å². The van der Waals surface area contributed by atoms with E-state index in [1.165, 1.54) is 0 Å². The van der Waals surface area contributed by atoms with E-state index >= 15 is 0 Å². The first kappa shape index (κ1) is 16.4. The standard InChI is InChI=1S/2C2H5O.CH2Cl.Ga/c2*1-2-3;1-2;/h2*2H2,1H3;1H2;/q2*-1;;+2. The van der Waals surface area contributed by atoms with Crippen molar-refractivity contribution in [3.05, 3.63) is 0 Å². The van der Waals surface area contributed by atoms with E-state index in [1.807, 2.05) is 0 Å². The summed E-state index contributed by atoms with van der Waals surface area (Å²) in [4.78, 5) is 0. The van der Waals surface area contributed by atoms with Crippen LogP contribution in [0.3, 0.4) is 0 Å². The van der Waals surface area contributed by atoms with Gasteiger partial charge in [0.05, 0.1) is 0 Å². The average Bonchev–Trinajstić information content (AvgIpc) is 1.70. The molecule has 4 heteroatoms. The molecular weight excluding hydrogens is 197 g/mol. The summed E-state index contributed by atoms with van der Waals surface area (Å²) in [6.07, 6.45) is 0. The zero-order valence-electron chi connectivity index (χ0n) is 5.89. The average molecular weight is 209 g/mol. The fourth-order valence-electron chi connectivity index (χ4n) is 0. The van der Waals surface area contributed by atoms with Crippen LogP contribution in [0.5, 0.6) is 0 Å². The maximum atomic E-state index is 8.93. The summed E-state index contributed by atoms with van der Waals surface area (Å²) in [5.74, 6) is 0. The molecule has 0 saturated carbocycles. The molecule has 0 unspecified atom stereocenters. The van der Waals surface area contributed by atoms with Crippen LogP contribution in [0.2, 0.25) is 0 Å². The van der Waals surface area contributed by atoms with E-state index in [1.54, 1.807) is 32.4 Å². The molecule has 0 aliphatic carbocycles. The number of halogens is 1. The van der Waals surface area contributed by atoms with Crippen molar-refractivity contribution in [1.82, 2.24) is 0 Å². The molecule has 0 N–H and O–H groups in total. The molecule has 0 fully saturated rings. The SMILES string of the molecule is CC[O-].CC[O-].Cl[CH2][Ga+2]. The first-order chi connectivity index (χ1) is 4.24. The van der Waals surface area contributed by atoms with Gasteiger partial charge in [-0.1, -0.05) is 13.8 Å². The van der Waals surface area contributed by atoms with E-state index < -0.39 is 0 Å². The van der Waals surface area contributed by atoms with Crippen molar-refractivity contribution in [2.75, 3.05) is 17.6 Å². The molecule has 0 aromatic carbocycles. The van der Waals surface area contributed by atoms with Crippen LogP contribution in [-0.4, -0.2) is 36.2 Å². The molecule has 0 amide bonds. The van der Waals surface area contributed by atoms with Crippen LogP contribution in [0.1, 0.15) is 13.8 Å². The molecule has 0 aromatic heterocycles. The Bertz CT molecular complexity index is 19.7. The topological polar surface area (TPSA) is 46.1 Å². The van der Waals surface area contributed by atoms with Gasteiger partial charge in [0.15, 0.2) is 0 Å². The summed E-state index contributed by atoms with van der Waals surface area (Å²) >= 11 is 6.58. The van der Waals surface area contributed by atoms with Gasteiger partial charge in [-0.15, -0.1) is 13.2 Å². The van der Waals surface area contributed by atoms with E-state index in [0.29, 0.717) is 0 Å². The van der Waals surface area contributed by atoms with Crippen molar-refractivity contribution in [2.45, 2.75) is 13.8 Å². The second kappa shape index (κ2) is 36.8. The molecule has 0 aromatic rings. The normalized spacial score (nSPS) is 6.11. The quantitative estimate of drug-likeness (QED) is 0.383. The Hall–Kier alpha value is 0.846. The molecule has 0 spiro atoms. The zero-order chi connectivity index (χ0) is 8.12. The van der Waals surface area contributed by atoms with Crippen LogP contribution in [0.4, 0.5) is 0 Å². The maximum absolute atomic E-state index is 8.93. The predicted octanol–water partition coefficient (Wildman–Crippen LogP) is -0.916. The summed E-state index contributed by atoms with van der Waals surface area (Å²) in [6, 6.07) is 0. The number of alkyl halides is 1. The van der Waals surface area contributed by atoms with Gasteiger partial charge in [-0.05, 0) is 0 Å². The molecule has 0 atom stereocenters. The Morgan fingerprint density at radius 2 is 1.22 bits per heavy atom. The van der Waals surface area contributed by atoms with Gasteiger partial charge in [-0.3, -0.25) is 0 Å². The molecule has 9 heavy (non-hydrogen) atoms. The van der Waals surface area contributed by atoms with Crippen molar-refractivity contribution in [1.29, 1.82) is 0 Å². The van der Waals surface area contributed by atoms with Gasteiger partial charge < -0.3 is 10.2 Å². The number of rotatable bonds is 0. The monoisotopic (exact) mass is 208 g/mol. The van der Waals surface area contributed by atoms with E-state index in [4.69, 9.17) is 21.8 Å². The molecule has 0 bridgehead atoms. The summed E-state index contributed by atoms with van der Waals surface area (Å²) in [6.45, 7) is 3.14. The second-order valence-corrected chi connectivity index (χ2v) is 2.98. The van der Waals surface area contributed by atoms with Crippen LogP contribution in [0.25, 0.3) is 0 Å². The fraction of sp³-hybridized carbons (Fsp3) is 1.00. The summed E-state index contributed by atoms with van der Waals surface area (Å²) in [5, 5.41) is 17.9. The van der Waals surface area contributed by atoms with Crippen LogP contribution in [0.15, 0.2) is 0 Å². The number of hydrogen-bond donors (Lipinski definition) is 0. The fourth-order valence-corrected chi connectivity index (χ4v) is 0. The van der Waals surface area contributed by atoms with E-state index in [0.717, 1.165) is 4.43 Å². The van der Waals surface area contributed by atoms with Gasteiger partial charge >= 0.3 is 34.6 Å². The molecule has 0 heterocycles. The third-order valence-corrected chi connectivity index (χ3v) is 0. The molecular formula is C5H12ClGaO2. The first-order valence-electron chi connectivity index (χ1n) is 2.67. The van der Waals surface area contributed by atoms with E-state index in [2.05, 4.69) is 0 Å². The van der Waals surface area contributed by atoms with Gasteiger partial charge in [0, 0.05) is 0 Å². The molecule has 0 rings (SSSR count). The Kier molecular flexibility index (Phi) is 67.2. The summed E-state index contributed by atoms with van der Waals surface area (Å²) in [5.41, 5.74) is 0. The van der Waals surface area contributed by atoms with Crippen LogP contribution < -0.4 is 10.2 Å². The molecule has 0 saturated heterocycles. The van der Waals surface area contributed by atoms with Crippen molar-refractivity contribution in [3.8, 4) is 0 Å². The van der Waals surface area contributed by atoms with Gasteiger partial charge in [0.25, 0.3) is 0 Å². The van der Waals surface area contributed by atoms with Crippen molar-refractivity contribution < 1.29 is 10.2 Å². The molecule has 0 radical (unpaired) electrons. The summed E-state index contributed by atoms with van der Waals surface area (Å²) in [7, 11) is 0. The zero-order valence-corrected chi connectivity index (χ0v) is 9.07. The van der Waals surface area contributed by atoms with Crippen LogP contribution in [0, 0.1) is 0 Å². The Balaban J connectivity index is -0.0000000600. The van der Waals surface area contributed by atoms with E-state index in [-0.39, 0.29) is 13.2 Å². The van der Waals surface area contributed by atoms with E-state index in [9.17, 15) is 0 Å². The van der Waals surface area contributed by atoms with Crippen molar-refractivity contribution in [2.24, 2.45) is 0 Å². The third kappa shape index (κ3) is 579. The minimum atomic E-state index is 0. The van der Waals surface area contributed by atoms with Gasteiger partial charge in [-0.2, -0.15) is 0 Å². The van der Waals surface area contributed by atoms with Gasteiger partial charge in [0.2, 0.25) is 0 Å². The second-order valence-electron chi connectivity index (χ2n) is 0.732. The van der Waals surface area contributed by atoms with Crippen LogP contribution in [-0.2, 0) is 0 Å². The Morgan fingerprint density at radius 3 is 1.22 bits per heavy atom. The predicted molar refractivity (Wildman–Crippen MR) is 37.6 cm³/mol.